The lowest BCUT2D eigenvalue weighted by Crippen LogP contribution is -2.30. The summed E-state index contributed by atoms with van der Waals surface area (Å²) in [6.45, 7) is 7.87. The van der Waals surface area contributed by atoms with Gasteiger partial charge in [0.1, 0.15) is 24.4 Å². The van der Waals surface area contributed by atoms with E-state index < -0.39 is 23.8 Å². The van der Waals surface area contributed by atoms with Crippen molar-refractivity contribution < 1.29 is 39.0 Å². The predicted octanol–water partition coefficient (Wildman–Crippen LogP) is 1.21. The van der Waals surface area contributed by atoms with Gasteiger partial charge in [-0.25, -0.2) is 0 Å². The van der Waals surface area contributed by atoms with Gasteiger partial charge < -0.3 is 39.0 Å². The summed E-state index contributed by atoms with van der Waals surface area (Å²) in [6.07, 6.45) is -1.31. The molecule has 8 heteroatoms. The number of aliphatic hydroxyl groups is 3. The molecule has 0 bridgehead atoms. The van der Waals surface area contributed by atoms with E-state index in [9.17, 15) is 5.11 Å². The Morgan fingerprint density at radius 3 is 1.59 bits per heavy atom. The fourth-order valence-electron chi connectivity index (χ4n) is 3.29. The largest absolute Gasteiger partial charge is 0.394 e. The van der Waals surface area contributed by atoms with Crippen LogP contribution in [0.1, 0.15) is 33.3 Å². The molecule has 2 aliphatic heterocycles. The molecule has 0 spiro atoms. The Labute approximate surface area is 172 Å². The first kappa shape index (κ1) is 24.2. The second-order valence-corrected chi connectivity index (χ2v) is 7.97. The number of rotatable bonds is 7. The van der Waals surface area contributed by atoms with Crippen LogP contribution in [-0.4, -0.2) is 77.7 Å². The molecule has 8 nitrogen and oxygen atoms in total. The highest BCUT2D eigenvalue weighted by molar-refractivity contribution is 5.13. The van der Waals surface area contributed by atoms with Gasteiger partial charge in [0.25, 0.3) is 0 Å². The van der Waals surface area contributed by atoms with Crippen molar-refractivity contribution in [1.82, 2.24) is 0 Å². The van der Waals surface area contributed by atoms with Crippen LogP contribution in [0.25, 0.3) is 0 Å². The van der Waals surface area contributed by atoms with E-state index in [1.165, 1.54) is 0 Å². The van der Waals surface area contributed by atoms with E-state index in [0.29, 0.717) is 13.2 Å². The molecule has 2 saturated heterocycles. The van der Waals surface area contributed by atoms with Crippen molar-refractivity contribution >= 4 is 0 Å². The highest BCUT2D eigenvalue weighted by Gasteiger charge is 2.41. The Hall–Kier alpha value is -1.10. The molecule has 29 heavy (non-hydrogen) atoms. The summed E-state index contributed by atoms with van der Waals surface area (Å²) < 4.78 is 27.4. The molecule has 0 radical (unpaired) electrons. The Morgan fingerprint density at radius 1 is 0.724 bits per heavy atom. The van der Waals surface area contributed by atoms with Gasteiger partial charge in [0.05, 0.1) is 33.0 Å². The number of hydrogen-bond acceptors (Lipinski definition) is 8. The van der Waals surface area contributed by atoms with E-state index in [1.54, 1.807) is 13.8 Å². The lowest BCUT2D eigenvalue weighted by molar-refractivity contribution is -0.153. The van der Waals surface area contributed by atoms with E-state index >= 15 is 0 Å². The fraction of sp³-hybridized carbons (Fsp3) is 0.714. The zero-order valence-electron chi connectivity index (χ0n) is 17.6. The summed E-state index contributed by atoms with van der Waals surface area (Å²) >= 11 is 0. The molecule has 166 valence electrons. The van der Waals surface area contributed by atoms with E-state index in [2.05, 4.69) is 0 Å². The molecule has 2 aliphatic rings. The van der Waals surface area contributed by atoms with Gasteiger partial charge in [-0.05, 0) is 33.3 Å². The topological polar surface area (TPSA) is 107 Å². The maximum absolute atomic E-state index is 9.22. The molecule has 3 rings (SSSR count). The normalized spacial score (nSPS) is 30.0. The second kappa shape index (κ2) is 10.8. The summed E-state index contributed by atoms with van der Waals surface area (Å²) in [6, 6.07) is 9.96. The Morgan fingerprint density at radius 2 is 1.14 bits per heavy atom. The lowest BCUT2D eigenvalue weighted by atomic mass is 10.2. The minimum absolute atomic E-state index is 0.0528. The van der Waals surface area contributed by atoms with Crippen LogP contribution in [0.3, 0.4) is 0 Å². The summed E-state index contributed by atoms with van der Waals surface area (Å²) in [5.41, 5.74) is 1.12. The van der Waals surface area contributed by atoms with Crippen LogP contribution in [-0.2, 0) is 30.3 Å². The smallest absolute Gasteiger partial charge is 0.163 e. The van der Waals surface area contributed by atoms with Crippen molar-refractivity contribution in [2.24, 2.45) is 0 Å². The average molecular weight is 414 g/mol. The molecule has 4 atom stereocenters. The van der Waals surface area contributed by atoms with Crippen LogP contribution in [0.4, 0.5) is 0 Å². The van der Waals surface area contributed by atoms with Crippen molar-refractivity contribution in [3.63, 3.8) is 0 Å². The highest BCUT2D eigenvalue weighted by Crippen LogP contribution is 2.28. The van der Waals surface area contributed by atoms with Crippen molar-refractivity contribution in [3.05, 3.63) is 35.9 Å². The third-order valence-corrected chi connectivity index (χ3v) is 4.50. The van der Waals surface area contributed by atoms with Crippen LogP contribution in [0.15, 0.2) is 30.3 Å². The summed E-state index contributed by atoms with van der Waals surface area (Å²) in [7, 11) is 0. The number of aliphatic hydroxyl groups excluding tert-OH is 3. The molecule has 1 aromatic carbocycles. The lowest BCUT2D eigenvalue weighted by Gasteiger charge is -2.16. The van der Waals surface area contributed by atoms with Crippen molar-refractivity contribution in [2.45, 2.75) is 70.3 Å². The highest BCUT2D eigenvalue weighted by atomic mass is 16.8. The van der Waals surface area contributed by atoms with Crippen LogP contribution in [0.5, 0.6) is 0 Å². The Kier molecular flexibility index (Phi) is 8.99. The van der Waals surface area contributed by atoms with E-state index in [1.807, 2.05) is 44.2 Å². The SMILES string of the molecule is CC1(C)OC(CO)C(CO)O1.CC1(C)OC(CO)C(COCc2ccccc2)O1. The van der Waals surface area contributed by atoms with Crippen molar-refractivity contribution in [2.75, 3.05) is 26.4 Å². The molecular formula is C21H34O8. The summed E-state index contributed by atoms with van der Waals surface area (Å²) in [5, 5.41) is 26.8. The van der Waals surface area contributed by atoms with E-state index in [-0.39, 0.29) is 32.0 Å². The first-order chi connectivity index (χ1) is 13.7. The monoisotopic (exact) mass is 414 g/mol. The van der Waals surface area contributed by atoms with Crippen LogP contribution in [0, 0.1) is 0 Å². The molecule has 0 amide bonds. The third-order valence-electron chi connectivity index (χ3n) is 4.50. The van der Waals surface area contributed by atoms with Gasteiger partial charge in [-0.3, -0.25) is 0 Å². The molecule has 1 aromatic rings. The molecule has 2 heterocycles. The van der Waals surface area contributed by atoms with Crippen LogP contribution in [0.2, 0.25) is 0 Å². The van der Waals surface area contributed by atoms with Gasteiger partial charge >= 0.3 is 0 Å². The summed E-state index contributed by atoms with van der Waals surface area (Å²) in [4.78, 5) is 0. The zero-order chi connectivity index (χ0) is 21.5. The van der Waals surface area contributed by atoms with Crippen molar-refractivity contribution in [1.29, 1.82) is 0 Å². The van der Waals surface area contributed by atoms with Gasteiger partial charge in [0.2, 0.25) is 0 Å². The minimum atomic E-state index is -0.680. The predicted molar refractivity (Wildman–Crippen MR) is 105 cm³/mol. The zero-order valence-corrected chi connectivity index (χ0v) is 17.6. The third kappa shape index (κ3) is 7.58. The number of benzene rings is 1. The Balaban J connectivity index is 0.000000234. The van der Waals surface area contributed by atoms with Crippen LogP contribution < -0.4 is 0 Å². The van der Waals surface area contributed by atoms with Gasteiger partial charge in [-0.15, -0.1) is 0 Å². The molecule has 4 unspecified atom stereocenters. The molecule has 0 saturated carbocycles. The molecule has 2 fully saturated rings. The van der Waals surface area contributed by atoms with Gasteiger partial charge in [0, 0.05) is 0 Å². The molecular weight excluding hydrogens is 380 g/mol. The maximum Gasteiger partial charge on any atom is 0.163 e. The quantitative estimate of drug-likeness (QED) is 0.611. The van der Waals surface area contributed by atoms with E-state index in [0.717, 1.165) is 5.56 Å². The average Bonchev–Trinajstić information content (AvgIpc) is 3.17. The first-order valence-electron chi connectivity index (χ1n) is 9.85. The van der Waals surface area contributed by atoms with Gasteiger partial charge in [0.15, 0.2) is 11.6 Å². The molecule has 0 aliphatic carbocycles. The summed E-state index contributed by atoms with van der Waals surface area (Å²) in [5.74, 6) is -1.32. The number of ether oxygens (including phenoxy) is 5. The number of hydrogen-bond donors (Lipinski definition) is 3. The minimum Gasteiger partial charge on any atom is -0.394 e. The molecule has 3 N–H and O–H groups in total. The maximum atomic E-state index is 9.22. The van der Waals surface area contributed by atoms with Gasteiger partial charge in [-0.2, -0.15) is 0 Å². The van der Waals surface area contributed by atoms with Crippen LogP contribution >= 0.6 is 0 Å². The second-order valence-electron chi connectivity index (χ2n) is 7.97. The molecule has 0 aromatic heterocycles. The van der Waals surface area contributed by atoms with Crippen molar-refractivity contribution in [3.8, 4) is 0 Å². The standard InChI is InChI=1S/C14H20O4.C7H14O4/c1-14(2)17-12(8-15)13(18-14)10-16-9-11-6-4-3-5-7-11;1-7(2)10-5(3-8)6(4-9)11-7/h3-7,12-13,15H,8-10H2,1-2H3;5-6,8-9H,3-4H2,1-2H3. The first-order valence-corrected chi connectivity index (χ1v) is 9.85. The van der Waals surface area contributed by atoms with Gasteiger partial charge in [-0.1, -0.05) is 30.3 Å². The Bertz CT molecular complexity index is 578. The fourth-order valence-corrected chi connectivity index (χ4v) is 3.29. The van der Waals surface area contributed by atoms with E-state index in [4.69, 9.17) is 33.9 Å².